The van der Waals surface area contributed by atoms with Gasteiger partial charge in [0.1, 0.15) is 24.0 Å². The first-order valence-electron chi connectivity index (χ1n) is 43.7. The highest BCUT2D eigenvalue weighted by Crippen LogP contribution is 2.46. The van der Waals surface area contributed by atoms with Crippen LogP contribution >= 0.6 is 11.6 Å². The van der Waals surface area contributed by atoms with Crippen LogP contribution in [0, 0.1) is 6.92 Å². The molecule has 1 saturated carbocycles. The molecule has 131 heavy (non-hydrogen) atoms. The summed E-state index contributed by atoms with van der Waals surface area (Å²) in [5.74, 6) is 3.07. The quantitative estimate of drug-likeness (QED) is 0.0313. The van der Waals surface area contributed by atoms with Crippen molar-refractivity contribution in [1.29, 1.82) is 0 Å². The maximum Gasteiger partial charge on any atom is 0.259 e. The third-order valence-electron chi connectivity index (χ3n) is 25.0. The van der Waals surface area contributed by atoms with Crippen molar-refractivity contribution in [2.45, 2.75) is 119 Å². The van der Waals surface area contributed by atoms with Gasteiger partial charge in [0.25, 0.3) is 5.89 Å². The molecule has 14 aromatic rings. The smallest absolute Gasteiger partial charge is 0.259 e. The van der Waals surface area contributed by atoms with Gasteiger partial charge in [-0.25, -0.2) is 44.9 Å². The van der Waals surface area contributed by atoms with E-state index in [-0.39, 0.29) is 53.7 Å². The molecule has 7 aromatic carbocycles. The Morgan fingerprint density at radius 2 is 0.817 bits per heavy atom. The van der Waals surface area contributed by atoms with E-state index in [1.54, 1.807) is 99.4 Å². The van der Waals surface area contributed by atoms with Gasteiger partial charge in [0.15, 0.2) is 5.82 Å². The summed E-state index contributed by atoms with van der Waals surface area (Å²) < 4.78 is 27.9. The van der Waals surface area contributed by atoms with Crippen molar-refractivity contribution in [1.82, 2.24) is 64.9 Å². The fourth-order valence-electron chi connectivity index (χ4n) is 17.2. The Hall–Kier alpha value is -14.5. The maximum absolute atomic E-state index is 13.8. The van der Waals surface area contributed by atoms with Gasteiger partial charge in [-0.3, -0.25) is 29.1 Å². The second-order valence-electron chi connectivity index (χ2n) is 33.1. The molecule has 7 aromatic heterocycles. The van der Waals surface area contributed by atoms with E-state index in [1.165, 1.54) is 18.4 Å². The zero-order valence-corrected chi connectivity index (χ0v) is 73.3. The maximum atomic E-state index is 13.8. The number of ether oxygens (including phenoxy) is 4. The topological polar surface area (TPSA) is 416 Å². The summed E-state index contributed by atoms with van der Waals surface area (Å²) in [5, 5.41) is 13.5. The number of halogens is 1. The molecule has 30 heteroatoms. The summed E-state index contributed by atoms with van der Waals surface area (Å²) in [5.41, 5.74) is 36.8. The minimum Gasteiger partial charge on any atom is -0.487 e. The predicted octanol–water partition coefficient (Wildman–Crippen LogP) is 16.2. The number of ketones is 1. The van der Waals surface area contributed by atoms with E-state index in [9.17, 15) is 19.2 Å². The zero-order chi connectivity index (χ0) is 90.6. The number of nitrogens with two attached hydrogens (primary N) is 4. The molecule has 0 unspecified atom stereocenters. The highest BCUT2D eigenvalue weighted by atomic mass is 35.5. The van der Waals surface area contributed by atoms with E-state index in [2.05, 4.69) is 93.0 Å². The number of nitrogen functional groups attached to an aromatic ring is 4. The number of benzene rings is 7. The number of aromatic nitrogens is 12. The van der Waals surface area contributed by atoms with E-state index in [1.807, 2.05) is 158 Å². The first kappa shape index (κ1) is 89.9. The summed E-state index contributed by atoms with van der Waals surface area (Å²) in [4.78, 5) is 102. The standard InChI is InChI=1S/C30H28ClN3O3.C27H31N5O2.C24H23N7O3.C20H19N5O/c31-26-16-22(6-11-27(26)37-20-21-4-2-1-3-5-21)17-28(35)30(12-14-36-15-13-30)25-9-7-23(8-10-25)24-18-33-29(32)34-19-24;28-26-29-17-22(18-30-26)21-6-8-23(9-7-21)27(10-14-34-15-11-27)25(33)31-24-5-3-4-20(16-24)19-32-12-1-2-13-32;1-15-29-21(34-31-15)17-4-7-20(26-12-17)30-22(32)24(8-10-33-11-9-24)19-5-2-16(3-6-19)18-13-27-23(25)28-14-18;21-19-23-12-15(13-24-19)14-2-4-16(5-3-14)20(8-1-9-20)18(26)25-17-6-10-22-11-7-17/h1-11,16,18-19H,12-15,17,20H2,(H2,32,33,34);3-9,16-18H,1-2,10-15,19H2,(H,31,33)(H2,28,29,30);2-7,12-14H,8-11H2,1H3,(H2,25,27,28)(H,26,30,32);2-7,10-13H,1,8-9H2,(H2,21,23,24)(H,22,25,26). The van der Waals surface area contributed by atoms with Gasteiger partial charge in [0.2, 0.25) is 41.5 Å². The molecule has 0 bridgehead atoms. The largest absolute Gasteiger partial charge is 0.487 e. The number of carbonyl (C=O) groups is 4. The molecule has 0 spiro atoms. The molecule has 4 aliphatic heterocycles. The van der Waals surface area contributed by atoms with Crippen molar-refractivity contribution in [2.24, 2.45) is 0 Å². The molecule has 1 aliphatic carbocycles. The monoisotopic (exact) mass is 1770 g/mol. The SMILES string of the molecule is Cc1noc(-c2ccc(NC(=O)C3(c4ccc(-c5cnc(N)nc5)cc4)CCOCC3)nc2)n1.Nc1ncc(-c2ccc(C3(C(=O)Cc4ccc(OCc5ccccc5)c(Cl)c4)CCOCC3)cc2)cn1.Nc1ncc(-c2ccc(C3(C(=O)Nc4cccc(CN5CCCC5)c4)CCOCC3)cc2)cn1.Nc1ncc(-c2ccc(C3(C(=O)Nc4ccncc4)CCC3)cc2)cn1. The molecule has 29 nitrogen and oxygen atoms in total. The van der Waals surface area contributed by atoms with Crippen LogP contribution in [0.3, 0.4) is 0 Å². The molecular weight excluding hydrogens is 1670 g/mol. The summed E-state index contributed by atoms with van der Waals surface area (Å²) in [6.45, 7) is 8.65. The lowest BCUT2D eigenvalue weighted by Gasteiger charge is -2.40. The molecular formula is C101H101ClN20O9. The summed E-state index contributed by atoms with van der Waals surface area (Å²) in [6, 6.07) is 63.0. The summed E-state index contributed by atoms with van der Waals surface area (Å²) in [6.07, 6.45) is 27.8. The van der Waals surface area contributed by atoms with Gasteiger partial charge in [-0.1, -0.05) is 169 Å². The van der Waals surface area contributed by atoms with Crippen LogP contribution in [0.15, 0.2) is 267 Å². The minimum atomic E-state index is -0.724. The van der Waals surface area contributed by atoms with E-state index in [0.717, 1.165) is 128 Å². The fourth-order valence-corrected chi connectivity index (χ4v) is 17.5. The van der Waals surface area contributed by atoms with Crippen LogP contribution in [0.2, 0.25) is 5.02 Å². The van der Waals surface area contributed by atoms with E-state index in [0.29, 0.717) is 119 Å². The number of hydrogen-bond acceptors (Lipinski definition) is 26. The molecule has 3 amide bonds. The van der Waals surface area contributed by atoms with Crippen molar-refractivity contribution >= 4 is 76.1 Å². The van der Waals surface area contributed by atoms with Crippen LogP contribution in [0.1, 0.15) is 115 Å². The third-order valence-corrected chi connectivity index (χ3v) is 25.3. The molecule has 0 atom stereocenters. The number of aryl methyl sites for hydroxylation is 1. The molecule has 11 heterocycles. The van der Waals surface area contributed by atoms with Gasteiger partial charge in [-0.05, 0) is 194 Å². The molecule has 4 saturated heterocycles. The van der Waals surface area contributed by atoms with E-state index in [4.69, 9.17) is 58.0 Å². The van der Waals surface area contributed by atoms with E-state index >= 15 is 0 Å². The van der Waals surface area contributed by atoms with E-state index < -0.39 is 21.7 Å². The van der Waals surface area contributed by atoms with Crippen LogP contribution in [-0.4, -0.2) is 141 Å². The zero-order valence-electron chi connectivity index (χ0n) is 72.6. The first-order valence-corrected chi connectivity index (χ1v) is 44.1. The van der Waals surface area contributed by atoms with Crippen LogP contribution in [0.5, 0.6) is 5.75 Å². The number of hydrogen-bond donors (Lipinski definition) is 7. The van der Waals surface area contributed by atoms with Crippen LogP contribution in [0.4, 0.5) is 41.0 Å². The molecule has 0 radical (unpaired) electrons. The van der Waals surface area contributed by atoms with Gasteiger partial charge in [-0.15, -0.1) is 0 Å². The average Bonchev–Trinajstić information content (AvgIpc) is 1.04. The van der Waals surface area contributed by atoms with Crippen molar-refractivity contribution in [3.05, 3.63) is 312 Å². The predicted molar refractivity (Wildman–Crippen MR) is 503 cm³/mol. The molecule has 11 N–H and O–H groups in total. The number of Topliss-reactive ketones (excluding diaryl/α,β-unsaturated/α-hetero) is 1. The van der Waals surface area contributed by atoms with Gasteiger partial charge in [-0.2, -0.15) is 4.98 Å². The van der Waals surface area contributed by atoms with Crippen molar-refractivity contribution in [2.75, 3.05) is 91.6 Å². The highest BCUT2D eigenvalue weighted by molar-refractivity contribution is 6.32. The average molecular weight is 1770 g/mol. The Morgan fingerprint density at radius 3 is 1.24 bits per heavy atom. The Labute approximate surface area is 763 Å². The second-order valence-corrected chi connectivity index (χ2v) is 33.6. The number of likely N-dealkylation sites (tertiary alicyclic amines) is 1. The van der Waals surface area contributed by atoms with Gasteiger partial charge in [0, 0.05) is 154 Å². The van der Waals surface area contributed by atoms with Gasteiger partial charge >= 0.3 is 0 Å². The second kappa shape index (κ2) is 41.7. The molecule has 666 valence electrons. The Bertz CT molecular complexity index is 6170. The van der Waals surface area contributed by atoms with Crippen LogP contribution in [0.25, 0.3) is 56.0 Å². The molecule has 5 aliphatic rings. The Morgan fingerprint density at radius 1 is 0.405 bits per heavy atom. The number of anilines is 7. The number of rotatable bonds is 23. The lowest BCUT2D eigenvalue weighted by Crippen LogP contribution is -2.46. The van der Waals surface area contributed by atoms with Crippen LogP contribution < -0.4 is 43.6 Å². The lowest BCUT2D eigenvalue weighted by molar-refractivity contribution is -0.127. The normalized spacial score (nSPS) is 15.7. The minimum absolute atomic E-state index is 0.0256. The van der Waals surface area contributed by atoms with Crippen molar-refractivity contribution in [3.8, 4) is 61.7 Å². The Balaban J connectivity index is 0.000000128. The number of pyridine rings is 2. The van der Waals surface area contributed by atoms with Gasteiger partial charge < -0.3 is 62.4 Å². The van der Waals surface area contributed by atoms with Gasteiger partial charge in [0.05, 0.1) is 32.2 Å². The summed E-state index contributed by atoms with van der Waals surface area (Å²) >= 11 is 6.53. The lowest BCUT2D eigenvalue weighted by atomic mass is 9.63. The van der Waals surface area contributed by atoms with Crippen molar-refractivity contribution in [3.63, 3.8) is 0 Å². The number of carbonyl (C=O) groups excluding carboxylic acids is 4. The molecule has 5 fully saturated rings. The number of nitrogens with one attached hydrogen (secondary N) is 3. The highest BCUT2D eigenvalue weighted by Gasteiger charge is 2.47. The fraction of sp³-hybridized carbons (Fsp3) is 0.267. The third kappa shape index (κ3) is 21.8. The van der Waals surface area contributed by atoms with Crippen molar-refractivity contribution < 1.29 is 42.6 Å². The number of amides is 3. The first-order chi connectivity index (χ1) is 63.9. The number of nitrogens with zero attached hydrogens (tertiary/aromatic N) is 13. The van der Waals surface area contributed by atoms with Crippen LogP contribution in [-0.2, 0) is 74.6 Å². The molecule has 19 rings (SSSR count). The Kier molecular flexibility index (Phi) is 28.6. The summed E-state index contributed by atoms with van der Waals surface area (Å²) in [7, 11) is 0.